The number of hydrogen-bond acceptors (Lipinski definition) is 4. The number of carbonyl (C=O) groups excluding carboxylic acids is 1. The number of amides is 1. The fourth-order valence-electron chi connectivity index (χ4n) is 2.36. The SMILES string of the molecule is CC(C)(C)OC(=O)NCCOc1ccc(-c2cc(C(F)(F)F)ccc2F)cc1O. The predicted molar refractivity (Wildman–Crippen MR) is 98.2 cm³/mol. The van der Waals surface area contributed by atoms with Gasteiger partial charge in [0.2, 0.25) is 0 Å². The Morgan fingerprint density at radius 3 is 2.38 bits per heavy atom. The number of halogens is 4. The van der Waals surface area contributed by atoms with E-state index in [0.717, 1.165) is 12.1 Å². The average molecular weight is 415 g/mol. The van der Waals surface area contributed by atoms with E-state index in [9.17, 15) is 27.5 Å². The van der Waals surface area contributed by atoms with Crippen molar-refractivity contribution in [2.45, 2.75) is 32.5 Å². The molecule has 0 aliphatic heterocycles. The number of alkyl carbamates (subject to hydrolysis) is 1. The molecule has 9 heteroatoms. The second-order valence-electron chi connectivity index (χ2n) is 7.15. The van der Waals surface area contributed by atoms with Gasteiger partial charge in [0, 0.05) is 5.56 Å². The van der Waals surface area contributed by atoms with Gasteiger partial charge in [-0.05, 0) is 56.7 Å². The topological polar surface area (TPSA) is 67.8 Å². The van der Waals surface area contributed by atoms with Crippen LogP contribution < -0.4 is 10.1 Å². The lowest BCUT2D eigenvalue weighted by atomic mass is 10.0. The van der Waals surface area contributed by atoms with Crippen LogP contribution in [0.3, 0.4) is 0 Å². The molecule has 2 rings (SSSR count). The summed E-state index contributed by atoms with van der Waals surface area (Å²) in [5.74, 6) is -1.20. The maximum atomic E-state index is 14.0. The van der Waals surface area contributed by atoms with Gasteiger partial charge in [-0.1, -0.05) is 6.07 Å². The van der Waals surface area contributed by atoms with Crippen molar-refractivity contribution in [2.75, 3.05) is 13.2 Å². The van der Waals surface area contributed by atoms with Crippen LogP contribution in [0.5, 0.6) is 11.5 Å². The molecule has 158 valence electrons. The van der Waals surface area contributed by atoms with Crippen LogP contribution in [-0.4, -0.2) is 30.0 Å². The number of aromatic hydroxyl groups is 1. The summed E-state index contributed by atoms with van der Waals surface area (Å²) in [5, 5.41) is 12.5. The van der Waals surface area contributed by atoms with E-state index in [-0.39, 0.29) is 35.8 Å². The van der Waals surface area contributed by atoms with E-state index in [1.54, 1.807) is 20.8 Å². The van der Waals surface area contributed by atoms with Crippen LogP contribution in [-0.2, 0) is 10.9 Å². The van der Waals surface area contributed by atoms with Crippen molar-refractivity contribution in [1.29, 1.82) is 0 Å². The van der Waals surface area contributed by atoms with Gasteiger partial charge in [0.25, 0.3) is 0 Å². The van der Waals surface area contributed by atoms with E-state index in [1.807, 2.05) is 0 Å². The lowest BCUT2D eigenvalue weighted by molar-refractivity contribution is -0.137. The predicted octanol–water partition coefficient (Wildman–Crippen LogP) is 5.12. The molecule has 1 amide bonds. The normalized spacial score (nSPS) is 11.8. The Hall–Kier alpha value is -2.97. The Kier molecular flexibility index (Phi) is 6.61. The molecular formula is C20H21F4NO4. The number of hydrogen-bond donors (Lipinski definition) is 2. The van der Waals surface area contributed by atoms with Gasteiger partial charge in [-0.25, -0.2) is 9.18 Å². The van der Waals surface area contributed by atoms with Gasteiger partial charge in [-0.15, -0.1) is 0 Å². The summed E-state index contributed by atoms with van der Waals surface area (Å²) < 4.78 is 62.9. The van der Waals surface area contributed by atoms with E-state index < -0.39 is 29.3 Å². The summed E-state index contributed by atoms with van der Waals surface area (Å²) in [7, 11) is 0. The molecule has 0 bridgehead atoms. The third-order valence-electron chi connectivity index (χ3n) is 3.59. The Labute approximate surface area is 165 Å². The van der Waals surface area contributed by atoms with Gasteiger partial charge >= 0.3 is 12.3 Å². The van der Waals surface area contributed by atoms with Crippen molar-refractivity contribution in [3.05, 3.63) is 47.8 Å². The highest BCUT2D eigenvalue weighted by Gasteiger charge is 2.31. The number of phenolic OH excluding ortho intramolecular Hbond substituents is 1. The first-order valence-electron chi connectivity index (χ1n) is 8.66. The molecule has 0 aromatic heterocycles. The first-order chi connectivity index (χ1) is 13.4. The largest absolute Gasteiger partial charge is 0.504 e. The molecule has 0 saturated heterocycles. The molecule has 0 radical (unpaired) electrons. The second kappa shape index (κ2) is 8.59. The molecule has 2 N–H and O–H groups in total. The van der Waals surface area contributed by atoms with Gasteiger partial charge in [0.05, 0.1) is 12.1 Å². The maximum Gasteiger partial charge on any atom is 0.416 e. The molecular weight excluding hydrogens is 394 g/mol. The monoisotopic (exact) mass is 415 g/mol. The van der Waals surface area contributed by atoms with E-state index in [0.29, 0.717) is 12.1 Å². The van der Waals surface area contributed by atoms with Crippen LogP contribution in [0.25, 0.3) is 11.1 Å². The quantitative estimate of drug-likeness (QED) is 0.525. The zero-order valence-corrected chi connectivity index (χ0v) is 16.1. The molecule has 0 spiro atoms. The minimum absolute atomic E-state index is 0.00404. The van der Waals surface area contributed by atoms with Crippen LogP contribution >= 0.6 is 0 Å². The molecule has 0 aliphatic rings. The van der Waals surface area contributed by atoms with Crippen molar-refractivity contribution in [1.82, 2.24) is 5.32 Å². The summed E-state index contributed by atoms with van der Waals surface area (Å²) >= 11 is 0. The van der Waals surface area contributed by atoms with Crippen molar-refractivity contribution < 1.29 is 36.9 Å². The summed E-state index contributed by atoms with van der Waals surface area (Å²) in [6, 6.07) is 5.78. The zero-order chi connectivity index (χ0) is 21.8. The second-order valence-corrected chi connectivity index (χ2v) is 7.15. The van der Waals surface area contributed by atoms with Gasteiger partial charge in [0.1, 0.15) is 18.0 Å². The van der Waals surface area contributed by atoms with Gasteiger partial charge in [0.15, 0.2) is 11.5 Å². The third kappa shape index (κ3) is 6.55. The first-order valence-corrected chi connectivity index (χ1v) is 8.66. The summed E-state index contributed by atoms with van der Waals surface area (Å²) in [6.07, 6.45) is -5.24. The number of carbonyl (C=O) groups is 1. The molecule has 0 heterocycles. The molecule has 0 saturated carbocycles. The molecule has 0 unspecified atom stereocenters. The summed E-state index contributed by atoms with van der Waals surface area (Å²) in [6.45, 7) is 5.25. The van der Waals surface area contributed by atoms with Crippen LogP contribution in [0, 0.1) is 5.82 Å². The molecule has 29 heavy (non-hydrogen) atoms. The standard InChI is InChI=1S/C20H21F4NO4/c1-19(2,3)29-18(27)25-8-9-28-17-7-4-12(10-16(17)26)14-11-13(20(22,23)24)5-6-15(14)21/h4-7,10-11,26H,8-9H2,1-3H3,(H,25,27). The number of rotatable bonds is 5. The Morgan fingerprint density at radius 2 is 1.79 bits per heavy atom. The van der Waals surface area contributed by atoms with Crippen molar-refractivity contribution in [3.8, 4) is 22.6 Å². The lowest BCUT2D eigenvalue weighted by Crippen LogP contribution is -2.34. The van der Waals surface area contributed by atoms with Gasteiger partial charge < -0.3 is 19.9 Å². The van der Waals surface area contributed by atoms with E-state index in [2.05, 4.69) is 5.32 Å². The fraction of sp³-hybridized carbons (Fsp3) is 0.350. The van der Waals surface area contributed by atoms with E-state index >= 15 is 0 Å². The van der Waals surface area contributed by atoms with Gasteiger partial charge in [-0.3, -0.25) is 0 Å². The number of nitrogens with one attached hydrogen (secondary N) is 1. The highest BCUT2D eigenvalue weighted by Crippen LogP contribution is 2.36. The van der Waals surface area contributed by atoms with Crippen molar-refractivity contribution >= 4 is 6.09 Å². The highest BCUT2D eigenvalue weighted by atomic mass is 19.4. The van der Waals surface area contributed by atoms with Crippen LogP contribution in [0.4, 0.5) is 22.4 Å². The molecule has 0 aliphatic carbocycles. The molecule has 2 aromatic rings. The molecule has 0 fully saturated rings. The van der Waals surface area contributed by atoms with Crippen LogP contribution in [0.1, 0.15) is 26.3 Å². The summed E-state index contributed by atoms with van der Waals surface area (Å²) in [4.78, 5) is 11.5. The zero-order valence-electron chi connectivity index (χ0n) is 16.1. The van der Waals surface area contributed by atoms with Crippen molar-refractivity contribution in [2.24, 2.45) is 0 Å². The average Bonchev–Trinajstić information content (AvgIpc) is 2.57. The lowest BCUT2D eigenvalue weighted by Gasteiger charge is -2.19. The highest BCUT2D eigenvalue weighted by molar-refractivity contribution is 5.69. The summed E-state index contributed by atoms with van der Waals surface area (Å²) in [5.41, 5.74) is -1.88. The Bertz CT molecular complexity index is 876. The van der Waals surface area contributed by atoms with E-state index in [4.69, 9.17) is 9.47 Å². The van der Waals surface area contributed by atoms with Crippen LogP contribution in [0.2, 0.25) is 0 Å². The smallest absolute Gasteiger partial charge is 0.416 e. The van der Waals surface area contributed by atoms with Crippen LogP contribution in [0.15, 0.2) is 36.4 Å². The van der Waals surface area contributed by atoms with Gasteiger partial charge in [-0.2, -0.15) is 13.2 Å². The number of benzene rings is 2. The third-order valence-corrected chi connectivity index (χ3v) is 3.59. The number of alkyl halides is 3. The Balaban J connectivity index is 2.03. The minimum Gasteiger partial charge on any atom is -0.504 e. The minimum atomic E-state index is -4.62. The maximum absolute atomic E-state index is 14.0. The van der Waals surface area contributed by atoms with E-state index in [1.165, 1.54) is 12.1 Å². The molecule has 2 aromatic carbocycles. The fourth-order valence-corrected chi connectivity index (χ4v) is 2.36. The van der Waals surface area contributed by atoms with Crippen molar-refractivity contribution in [3.63, 3.8) is 0 Å². The molecule has 5 nitrogen and oxygen atoms in total. The number of phenols is 1. The molecule has 0 atom stereocenters. The number of ether oxygens (including phenoxy) is 2. The Morgan fingerprint density at radius 1 is 1.10 bits per heavy atom. The first kappa shape index (κ1) is 22.3.